The summed E-state index contributed by atoms with van der Waals surface area (Å²) in [5.41, 5.74) is 1.65. The van der Waals surface area contributed by atoms with Gasteiger partial charge in [0.05, 0.1) is 11.1 Å². The molecule has 0 aliphatic rings. The Hall–Kier alpha value is -4.45. The number of rotatable bonds is 5. The van der Waals surface area contributed by atoms with Gasteiger partial charge >= 0.3 is 11.9 Å². The highest BCUT2D eigenvalue weighted by Crippen LogP contribution is 2.36. The second kappa shape index (κ2) is 8.12. The van der Waals surface area contributed by atoms with E-state index in [1.54, 1.807) is 60.7 Å². The van der Waals surface area contributed by atoms with Crippen LogP contribution < -0.4 is 5.32 Å². The number of fused-ring (bicyclic) bond motifs is 1. The van der Waals surface area contributed by atoms with Crippen molar-refractivity contribution in [3.63, 3.8) is 0 Å². The second-order valence-electron chi connectivity index (χ2n) is 6.87. The van der Waals surface area contributed by atoms with Gasteiger partial charge in [-0.1, -0.05) is 54.6 Å². The molecule has 152 valence electrons. The maximum Gasteiger partial charge on any atom is 0.336 e. The molecule has 0 atom stereocenters. The van der Waals surface area contributed by atoms with Crippen LogP contribution in [0.3, 0.4) is 0 Å². The number of hydrogen-bond acceptors (Lipinski definition) is 3. The SMILES string of the molecule is O=C(O)c1ccc(-c2ccccc2)c2c(C(=O)O)ccc(C(=O)Nc3ccccc3)c12. The second-order valence-corrected chi connectivity index (χ2v) is 6.87. The van der Waals surface area contributed by atoms with Crippen molar-refractivity contribution in [1.29, 1.82) is 0 Å². The normalized spacial score (nSPS) is 10.6. The number of benzene rings is 4. The van der Waals surface area contributed by atoms with E-state index in [2.05, 4.69) is 5.32 Å². The number of carboxylic acids is 2. The van der Waals surface area contributed by atoms with E-state index < -0.39 is 17.8 Å². The summed E-state index contributed by atoms with van der Waals surface area (Å²) in [7, 11) is 0. The summed E-state index contributed by atoms with van der Waals surface area (Å²) in [5.74, 6) is -2.98. The standard InChI is InChI=1S/C25H17NO5/c27-23(26-16-9-5-2-6-10-16)18-12-14-19(24(28)29)21-17(15-7-3-1-4-8-15)11-13-20(22(18)21)25(30)31/h1-14H,(H,26,27)(H,28,29)(H,30,31). The van der Waals surface area contributed by atoms with E-state index in [9.17, 15) is 24.6 Å². The summed E-state index contributed by atoms with van der Waals surface area (Å²) in [5, 5.41) is 22.6. The van der Waals surface area contributed by atoms with Crippen LogP contribution in [0.15, 0.2) is 84.9 Å². The molecule has 0 aliphatic carbocycles. The van der Waals surface area contributed by atoms with Crippen LogP contribution in [0.4, 0.5) is 5.69 Å². The average molecular weight is 411 g/mol. The molecule has 0 radical (unpaired) electrons. The van der Waals surface area contributed by atoms with Crippen LogP contribution in [0, 0.1) is 0 Å². The molecule has 0 aliphatic heterocycles. The predicted octanol–water partition coefficient (Wildman–Crippen LogP) is 5.16. The molecule has 4 rings (SSSR count). The first kappa shape index (κ1) is 19.8. The Kier molecular flexibility index (Phi) is 5.20. The zero-order valence-electron chi connectivity index (χ0n) is 16.2. The van der Waals surface area contributed by atoms with Crippen molar-refractivity contribution in [3.05, 3.63) is 102 Å². The first-order chi connectivity index (χ1) is 15.0. The summed E-state index contributed by atoms with van der Waals surface area (Å²) >= 11 is 0. The zero-order valence-corrected chi connectivity index (χ0v) is 16.2. The lowest BCUT2D eigenvalue weighted by atomic mass is 9.88. The minimum absolute atomic E-state index is 0.0757. The lowest BCUT2D eigenvalue weighted by Crippen LogP contribution is -2.15. The number of hydrogen-bond donors (Lipinski definition) is 3. The number of aromatic carboxylic acids is 2. The molecule has 0 heterocycles. The van der Waals surface area contributed by atoms with Crippen LogP contribution in [0.25, 0.3) is 21.9 Å². The van der Waals surface area contributed by atoms with Crippen molar-refractivity contribution in [2.45, 2.75) is 0 Å². The van der Waals surface area contributed by atoms with Gasteiger partial charge in [0, 0.05) is 22.0 Å². The number of nitrogens with one attached hydrogen (secondary N) is 1. The third-order valence-corrected chi connectivity index (χ3v) is 4.98. The molecule has 0 spiro atoms. The highest BCUT2D eigenvalue weighted by molar-refractivity contribution is 6.23. The molecule has 0 unspecified atom stereocenters. The van der Waals surface area contributed by atoms with E-state index in [1.807, 2.05) is 6.07 Å². The van der Waals surface area contributed by atoms with Crippen LogP contribution in [0.2, 0.25) is 0 Å². The Bertz CT molecular complexity index is 1310. The van der Waals surface area contributed by atoms with Gasteiger partial charge in [0.25, 0.3) is 5.91 Å². The molecule has 0 saturated carbocycles. The molecule has 6 heteroatoms. The third-order valence-electron chi connectivity index (χ3n) is 4.98. The van der Waals surface area contributed by atoms with Gasteiger partial charge in [-0.25, -0.2) is 9.59 Å². The molecular weight excluding hydrogens is 394 g/mol. The summed E-state index contributed by atoms with van der Waals surface area (Å²) < 4.78 is 0. The van der Waals surface area contributed by atoms with Gasteiger partial charge in [0.15, 0.2) is 0 Å². The Morgan fingerprint density at radius 2 is 1.10 bits per heavy atom. The molecule has 3 N–H and O–H groups in total. The Morgan fingerprint density at radius 3 is 1.71 bits per heavy atom. The minimum atomic E-state index is -1.25. The van der Waals surface area contributed by atoms with Gasteiger partial charge in [-0.2, -0.15) is 0 Å². The van der Waals surface area contributed by atoms with Crippen LogP contribution in [0.1, 0.15) is 31.1 Å². The maximum absolute atomic E-state index is 13.1. The number of para-hydroxylation sites is 1. The molecule has 6 nitrogen and oxygen atoms in total. The molecule has 0 saturated heterocycles. The molecular formula is C25H17NO5. The molecule has 0 aromatic heterocycles. The van der Waals surface area contributed by atoms with Gasteiger partial charge in [-0.05, 0) is 41.5 Å². The number of carbonyl (C=O) groups is 3. The van der Waals surface area contributed by atoms with Crippen molar-refractivity contribution in [2.24, 2.45) is 0 Å². The van der Waals surface area contributed by atoms with Crippen LogP contribution in [-0.4, -0.2) is 28.1 Å². The quantitative estimate of drug-likeness (QED) is 0.421. The molecule has 1 amide bonds. The van der Waals surface area contributed by atoms with Crippen molar-refractivity contribution in [1.82, 2.24) is 0 Å². The molecule has 31 heavy (non-hydrogen) atoms. The van der Waals surface area contributed by atoms with E-state index in [-0.39, 0.29) is 27.5 Å². The summed E-state index contributed by atoms with van der Waals surface area (Å²) in [4.78, 5) is 37.1. The van der Waals surface area contributed by atoms with Crippen LogP contribution in [-0.2, 0) is 0 Å². The largest absolute Gasteiger partial charge is 0.478 e. The number of carboxylic acid groups (broad SMARTS) is 2. The smallest absolute Gasteiger partial charge is 0.336 e. The molecule has 4 aromatic rings. The van der Waals surface area contributed by atoms with E-state index in [4.69, 9.17) is 0 Å². The van der Waals surface area contributed by atoms with Crippen LogP contribution in [0.5, 0.6) is 0 Å². The van der Waals surface area contributed by atoms with Gasteiger partial charge in [-0.3, -0.25) is 4.79 Å². The fraction of sp³-hybridized carbons (Fsp3) is 0. The first-order valence-electron chi connectivity index (χ1n) is 9.45. The molecule has 0 bridgehead atoms. The Morgan fingerprint density at radius 1 is 0.581 bits per heavy atom. The maximum atomic E-state index is 13.1. The van der Waals surface area contributed by atoms with Gasteiger partial charge in [0.1, 0.15) is 0 Å². The van der Waals surface area contributed by atoms with E-state index in [1.165, 1.54) is 18.2 Å². The van der Waals surface area contributed by atoms with E-state index >= 15 is 0 Å². The van der Waals surface area contributed by atoms with Crippen molar-refractivity contribution in [3.8, 4) is 11.1 Å². The Balaban J connectivity index is 2.04. The number of anilines is 1. The van der Waals surface area contributed by atoms with E-state index in [0.29, 0.717) is 16.8 Å². The summed E-state index contributed by atoms with van der Waals surface area (Å²) in [6, 6.07) is 23.5. The highest BCUT2D eigenvalue weighted by Gasteiger charge is 2.24. The van der Waals surface area contributed by atoms with Crippen molar-refractivity contribution in [2.75, 3.05) is 5.32 Å². The number of amides is 1. The first-order valence-corrected chi connectivity index (χ1v) is 9.45. The fourth-order valence-electron chi connectivity index (χ4n) is 3.62. The van der Waals surface area contributed by atoms with Crippen molar-refractivity contribution >= 4 is 34.3 Å². The molecule has 0 fully saturated rings. The minimum Gasteiger partial charge on any atom is -0.478 e. The lowest BCUT2D eigenvalue weighted by molar-refractivity contribution is 0.0686. The van der Waals surface area contributed by atoms with Gasteiger partial charge in [-0.15, -0.1) is 0 Å². The topological polar surface area (TPSA) is 104 Å². The molecule has 4 aromatic carbocycles. The monoisotopic (exact) mass is 411 g/mol. The van der Waals surface area contributed by atoms with Gasteiger partial charge < -0.3 is 15.5 Å². The Labute approximate surface area is 177 Å². The van der Waals surface area contributed by atoms with Crippen molar-refractivity contribution < 1.29 is 24.6 Å². The zero-order chi connectivity index (χ0) is 22.0. The summed E-state index contributed by atoms with van der Waals surface area (Å²) in [6.45, 7) is 0. The fourth-order valence-corrected chi connectivity index (χ4v) is 3.62. The summed E-state index contributed by atoms with van der Waals surface area (Å²) in [6.07, 6.45) is 0. The lowest BCUT2D eigenvalue weighted by Gasteiger charge is -2.16. The highest BCUT2D eigenvalue weighted by atomic mass is 16.4. The average Bonchev–Trinajstić information content (AvgIpc) is 2.78. The van der Waals surface area contributed by atoms with Gasteiger partial charge in [0.2, 0.25) is 0 Å². The number of carbonyl (C=O) groups excluding carboxylic acids is 1. The van der Waals surface area contributed by atoms with Crippen LogP contribution >= 0.6 is 0 Å². The predicted molar refractivity (Wildman–Crippen MR) is 118 cm³/mol. The third kappa shape index (κ3) is 3.74. The van der Waals surface area contributed by atoms with E-state index in [0.717, 1.165) is 0 Å².